The molecule has 1 fully saturated rings. The van der Waals surface area contributed by atoms with Crippen LogP contribution in [0.3, 0.4) is 0 Å². The molecule has 0 atom stereocenters. The van der Waals surface area contributed by atoms with Gasteiger partial charge in [-0.25, -0.2) is 0 Å². The molecular weight excluding hydrogens is 140 g/mol. The van der Waals surface area contributed by atoms with Crippen molar-refractivity contribution < 1.29 is 4.84 Å². The van der Waals surface area contributed by atoms with Crippen LogP contribution in [0.4, 0.5) is 0 Å². The number of nitrogens with zero attached hydrogens (tertiary/aromatic N) is 2. The third kappa shape index (κ3) is 2.89. The average molecular weight is 156 g/mol. The molecule has 0 N–H and O–H groups in total. The summed E-state index contributed by atoms with van der Waals surface area (Å²) in [5.74, 6) is 0. The summed E-state index contributed by atoms with van der Waals surface area (Å²) in [5, 5.41) is 3.78. The smallest absolute Gasteiger partial charge is 0.130 e. The SMILES string of the molecule is C/C=N\OC1CCN(C)CC1. The third-order valence-corrected chi connectivity index (χ3v) is 1.98. The predicted octanol–water partition coefficient (Wildman–Crippen LogP) is 1.10. The Bertz CT molecular complexity index is 128. The second kappa shape index (κ2) is 4.34. The monoisotopic (exact) mass is 156 g/mol. The molecule has 0 bridgehead atoms. The van der Waals surface area contributed by atoms with Crippen LogP contribution < -0.4 is 0 Å². The van der Waals surface area contributed by atoms with Crippen molar-refractivity contribution in [3.05, 3.63) is 0 Å². The Kier molecular flexibility index (Phi) is 3.36. The second-order valence-electron chi connectivity index (χ2n) is 2.97. The highest BCUT2D eigenvalue weighted by atomic mass is 16.6. The minimum Gasteiger partial charge on any atom is -0.393 e. The summed E-state index contributed by atoms with van der Waals surface area (Å²) < 4.78 is 0. The Hall–Kier alpha value is -0.570. The van der Waals surface area contributed by atoms with Gasteiger partial charge in [0.05, 0.1) is 0 Å². The number of likely N-dealkylation sites (tertiary alicyclic amines) is 1. The lowest BCUT2D eigenvalue weighted by molar-refractivity contribution is 0.0169. The Balaban J connectivity index is 2.17. The van der Waals surface area contributed by atoms with E-state index in [4.69, 9.17) is 4.84 Å². The number of hydrogen-bond acceptors (Lipinski definition) is 3. The molecule has 0 aromatic carbocycles. The van der Waals surface area contributed by atoms with E-state index in [1.54, 1.807) is 6.21 Å². The molecule has 0 aromatic rings. The van der Waals surface area contributed by atoms with Gasteiger partial charge in [0, 0.05) is 19.3 Å². The zero-order valence-corrected chi connectivity index (χ0v) is 7.29. The van der Waals surface area contributed by atoms with Crippen molar-refractivity contribution in [2.45, 2.75) is 25.9 Å². The molecule has 0 unspecified atom stereocenters. The molecule has 0 saturated carbocycles. The third-order valence-electron chi connectivity index (χ3n) is 1.98. The number of piperidine rings is 1. The molecule has 0 spiro atoms. The molecule has 1 rings (SSSR count). The molecule has 0 radical (unpaired) electrons. The van der Waals surface area contributed by atoms with Gasteiger partial charge >= 0.3 is 0 Å². The zero-order chi connectivity index (χ0) is 8.10. The van der Waals surface area contributed by atoms with Gasteiger partial charge in [-0.1, -0.05) is 5.16 Å². The van der Waals surface area contributed by atoms with Crippen molar-refractivity contribution >= 4 is 6.21 Å². The lowest BCUT2D eigenvalue weighted by Crippen LogP contribution is -2.33. The molecule has 1 aliphatic heterocycles. The molecule has 11 heavy (non-hydrogen) atoms. The maximum Gasteiger partial charge on any atom is 0.130 e. The molecular formula is C8H16N2O. The van der Waals surface area contributed by atoms with Gasteiger partial charge in [0.15, 0.2) is 0 Å². The van der Waals surface area contributed by atoms with Gasteiger partial charge in [0.25, 0.3) is 0 Å². The van der Waals surface area contributed by atoms with E-state index in [1.165, 1.54) is 0 Å². The van der Waals surface area contributed by atoms with Crippen LogP contribution in [0.5, 0.6) is 0 Å². The van der Waals surface area contributed by atoms with E-state index in [9.17, 15) is 0 Å². The van der Waals surface area contributed by atoms with Crippen LogP contribution in [-0.4, -0.2) is 37.4 Å². The van der Waals surface area contributed by atoms with E-state index in [-0.39, 0.29) is 0 Å². The Morgan fingerprint density at radius 2 is 2.09 bits per heavy atom. The van der Waals surface area contributed by atoms with Gasteiger partial charge in [0.2, 0.25) is 0 Å². The topological polar surface area (TPSA) is 24.8 Å². The summed E-state index contributed by atoms with van der Waals surface area (Å²) >= 11 is 0. The molecule has 0 aliphatic carbocycles. The van der Waals surface area contributed by atoms with E-state index in [0.717, 1.165) is 25.9 Å². The van der Waals surface area contributed by atoms with Gasteiger partial charge < -0.3 is 9.74 Å². The van der Waals surface area contributed by atoms with Gasteiger partial charge in [-0.2, -0.15) is 0 Å². The first-order valence-electron chi connectivity index (χ1n) is 4.15. The van der Waals surface area contributed by atoms with Crippen molar-refractivity contribution in [2.75, 3.05) is 20.1 Å². The molecule has 64 valence electrons. The maximum absolute atomic E-state index is 5.22. The summed E-state index contributed by atoms with van der Waals surface area (Å²) in [6, 6.07) is 0. The molecule has 0 aromatic heterocycles. The van der Waals surface area contributed by atoms with Crippen LogP contribution in [0.2, 0.25) is 0 Å². The van der Waals surface area contributed by atoms with Gasteiger partial charge in [-0.3, -0.25) is 0 Å². The first-order valence-corrected chi connectivity index (χ1v) is 4.15. The first kappa shape index (κ1) is 8.53. The van der Waals surface area contributed by atoms with E-state index in [0.29, 0.717) is 6.10 Å². The van der Waals surface area contributed by atoms with Crippen molar-refractivity contribution in [1.29, 1.82) is 0 Å². The summed E-state index contributed by atoms with van der Waals surface area (Å²) in [6.07, 6.45) is 4.25. The number of hydrogen-bond donors (Lipinski definition) is 0. The highest BCUT2D eigenvalue weighted by Crippen LogP contribution is 2.11. The first-order chi connectivity index (χ1) is 5.33. The van der Waals surface area contributed by atoms with Gasteiger partial charge in [0.1, 0.15) is 6.10 Å². The fourth-order valence-corrected chi connectivity index (χ4v) is 1.24. The highest BCUT2D eigenvalue weighted by Gasteiger charge is 2.16. The lowest BCUT2D eigenvalue weighted by Gasteiger charge is -2.26. The van der Waals surface area contributed by atoms with Crippen LogP contribution in [0, 0.1) is 0 Å². The van der Waals surface area contributed by atoms with Crippen LogP contribution in [0.15, 0.2) is 5.16 Å². The maximum atomic E-state index is 5.22. The van der Waals surface area contributed by atoms with Gasteiger partial charge in [-0.15, -0.1) is 0 Å². The van der Waals surface area contributed by atoms with Crippen molar-refractivity contribution in [1.82, 2.24) is 4.90 Å². The van der Waals surface area contributed by atoms with Crippen LogP contribution in [-0.2, 0) is 4.84 Å². The van der Waals surface area contributed by atoms with Crippen LogP contribution >= 0.6 is 0 Å². The quantitative estimate of drug-likeness (QED) is 0.442. The lowest BCUT2D eigenvalue weighted by atomic mass is 10.1. The summed E-state index contributed by atoms with van der Waals surface area (Å²) in [7, 11) is 2.14. The Labute approximate surface area is 68.0 Å². The van der Waals surface area contributed by atoms with Crippen molar-refractivity contribution in [3.8, 4) is 0 Å². The van der Waals surface area contributed by atoms with E-state index < -0.39 is 0 Å². The van der Waals surface area contributed by atoms with Crippen LogP contribution in [0.25, 0.3) is 0 Å². The minimum absolute atomic E-state index is 0.349. The summed E-state index contributed by atoms with van der Waals surface area (Å²) in [4.78, 5) is 7.54. The Morgan fingerprint density at radius 3 is 2.64 bits per heavy atom. The molecule has 1 heterocycles. The summed E-state index contributed by atoms with van der Waals surface area (Å²) in [5.41, 5.74) is 0. The molecule has 1 aliphatic rings. The van der Waals surface area contributed by atoms with Gasteiger partial charge in [-0.05, 0) is 26.8 Å². The standard InChI is InChI=1S/C8H16N2O/c1-3-9-11-8-4-6-10(2)7-5-8/h3,8H,4-7H2,1-2H3/b9-3-. The predicted molar refractivity (Wildman–Crippen MR) is 45.8 cm³/mol. The Morgan fingerprint density at radius 1 is 1.45 bits per heavy atom. The highest BCUT2D eigenvalue weighted by molar-refractivity contribution is 5.52. The number of oxime groups is 1. The number of rotatable bonds is 2. The fraction of sp³-hybridized carbons (Fsp3) is 0.875. The molecule has 3 heteroatoms. The zero-order valence-electron chi connectivity index (χ0n) is 7.29. The van der Waals surface area contributed by atoms with E-state index >= 15 is 0 Å². The van der Waals surface area contributed by atoms with Crippen molar-refractivity contribution in [3.63, 3.8) is 0 Å². The normalized spacial score (nSPS) is 22.7. The fourth-order valence-electron chi connectivity index (χ4n) is 1.24. The second-order valence-corrected chi connectivity index (χ2v) is 2.97. The van der Waals surface area contributed by atoms with Crippen molar-refractivity contribution in [2.24, 2.45) is 5.16 Å². The molecule has 0 amide bonds. The largest absolute Gasteiger partial charge is 0.393 e. The molecule has 1 saturated heterocycles. The average Bonchev–Trinajstić information content (AvgIpc) is 2.04. The summed E-state index contributed by atoms with van der Waals surface area (Å²) in [6.45, 7) is 4.13. The van der Waals surface area contributed by atoms with Crippen LogP contribution in [0.1, 0.15) is 19.8 Å². The minimum atomic E-state index is 0.349. The van der Waals surface area contributed by atoms with E-state index in [2.05, 4.69) is 17.1 Å². The molecule has 3 nitrogen and oxygen atoms in total. The van der Waals surface area contributed by atoms with E-state index in [1.807, 2.05) is 6.92 Å².